The molecular weight excluding hydrogens is 224 g/mol. The molecule has 0 bridgehead atoms. The van der Waals surface area contributed by atoms with E-state index in [1.165, 1.54) is 0 Å². The highest BCUT2D eigenvalue weighted by atomic mass is 16.2. The van der Waals surface area contributed by atoms with Crippen molar-refractivity contribution in [3.05, 3.63) is 65.7 Å². The molecule has 3 heteroatoms. The molecule has 0 aliphatic carbocycles. The standard InChI is InChI=1S/C15H16N2O/c1-11-6-5-9-13(10-11)17-15(18)14(16)12-7-3-2-4-8-12/h2-10,14H,16H2,1H3,(H,17,18)/t14-/m0/s1. The molecule has 2 aromatic rings. The molecule has 1 atom stereocenters. The SMILES string of the molecule is Cc1cccc(NC(=O)[C@@H](N)c2ccccc2)c1. The average Bonchev–Trinajstić information content (AvgIpc) is 2.39. The van der Waals surface area contributed by atoms with Gasteiger partial charge >= 0.3 is 0 Å². The molecule has 0 fully saturated rings. The summed E-state index contributed by atoms with van der Waals surface area (Å²) in [4.78, 5) is 12.0. The van der Waals surface area contributed by atoms with E-state index in [4.69, 9.17) is 5.73 Å². The molecule has 2 rings (SSSR count). The first-order chi connectivity index (χ1) is 8.66. The Balaban J connectivity index is 2.09. The number of anilines is 1. The first kappa shape index (κ1) is 12.3. The van der Waals surface area contributed by atoms with Crippen molar-refractivity contribution in [2.24, 2.45) is 5.73 Å². The van der Waals surface area contributed by atoms with Gasteiger partial charge in [-0.2, -0.15) is 0 Å². The monoisotopic (exact) mass is 240 g/mol. The maximum atomic E-state index is 12.0. The zero-order valence-corrected chi connectivity index (χ0v) is 10.3. The maximum Gasteiger partial charge on any atom is 0.245 e. The Labute approximate surface area is 107 Å². The molecule has 2 aromatic carbocycles. The summed E-state index contributed by atoms with van der Waals surface area (Å²) in [5.74, 6) is -0.202. The minimum atomic E-state index is -0.647. The van der Waals surface area contributed by atoms with Crippen molar-refractivity contribution in [1.29, 1.82) is 0 Å². The molecule has 18 heavy (non-hydrogen) atoms. The van der Waals surface area contributed by atoms with Crippen molar-refractivity contribution in [3.63, 3.8) is 0 Å². The minimum absolute atomic E-state index is 0.202. The summed E-state index contributed by atoms with van der Waals surface area (Å²) < 4.78 is 0. The Morgan fingerprint density at radius 3 is 2.50 bits per heavy atom. The zero-order chi connectivity index (χ0) is 13.0. The van der Waals surface area contributed by atoms with Gasteiger partial charge in [0.25, 0.3) is 0 Å². The van der Waals surface area contributed by atoms with Crippen LogP contribution in [0.15, 0.2) is 54.6 Å². The number of benzene rings is 2. The summed E-state index contributed by atoms with van der Waals surface area (Å²) in [6.07, 6.45) is 0. The number of hydrogen-bond acceptors (Lipinski definition) is 2. The predicted molar refractivity (Wildman–Crippen MR) is 73.2 cm³/mol. The van der Waals surface area contributed by atoms with E-state index in [1.807, 2.05) is 61.5 Å². The van der Waals surface area contributed by atoms with E-state index in [0.717, 1.165) is 16.8 Å². The van der Waals surface area contributed by atoms with Crippen molar-refractivity contribution in [3.8, 4) is 0 Å². The lowest BCUT2D eigenvalue weighted by molar-refractivity contribution is -0.117. The molecule has 0 heterocycles. The molecule has 92 valence electrons. The van der Waals surface area contributed by atoms with Gasteiger partial charge in [-0.15, -0.1) is 0 Å². The van der Waals surface area contributed by atoms with Crippen molar-refractivity contribution in [2.45, 2.75) is 13.0 Å². The number of amides is 1. The van der Waals surface area contributed by atoms with Crippen LogP contribution in [0.3, 0.4) is 0 Å². The van der Waals surface area contributed by atoms with Crippen molar-refractivity contribution < 1.29 is 4.79 Å². The highest BCUT2D eigenvalue weighted by Gasteiger charge is 2.15. The fourth-order valence-electron chi connectivity index (χ4n) is 1.75. The van der Waals surface area contributed by atoms with Gasteiger partial charge < -0.3 is 11.1 Å². The molecule has 0 radical (unpaired) electrons. The third-order valence-corrected chi connectivity index (χ3v) is 2.73. The number of aryl methyl sites for hydroxylation is 1. The van der Waals surface area contributed by atoms with Crippen LogP contribution >= 0.6 is 0 Å². The van der Waals surface area contributed by atoms with Gasteiger partial charge in [-0.25, -0.2) is 0 Å². The average molecular weight is 240 g/mol. The predicted octanol–water partition coefficient (Wildman–Crippen LogP) is 2.63. The highest BCUT2D eigenvalue weighted by Crippen LogP contribution is 2.14. The Hall–Kier alpha value is -2.13. The summed E-state index contributed by atoms with van der Waals surface area (Å²) in [5.41, 5.74) is 8.59. The van der Waals surface area contributed by atoms with Crippen LogP contribution in [-0.4, -0.2) is 5.91 Å². The van der Waals surface area contributed by atoms with E-state index >= 15 is 0 Å². The van der Waals surface area contributed by atoms with Gasteiger partial charge in [-0.3, -0.25) is 4.79 Å². The fourth-order valence-corrected chi connectivity index (χ4v) is 1.75. The highest BCUT2D eigenvalue weighted by molar-refractivity contribution is 5.95. The molecule has 0 aromatic heterocycles. The lowest BCUT2D eigenvalue weighted by Gasteiger charge is -2.12. The molecule has 1 amide bonds. The second kappa shape index (κ2) is 5.47. The molecule has 0 aliphatic heterocycles. The molecule has 0 spiro atoms. The van der Waals surface area contributed by atoms with Crippen LogP contribution in [-0.2, 0) is 4.79 Å². The number of carbonyl (C=O) groups is 1. The first-order valence-electron chi connectivity index (χ1n) is 5.85. The van der Waals surface area contributed by atoms with Gasteiger partial charge in [0.2, 0.25) is 5.91 Å². The summed E-state index contributed by atoms with van der Waals surface area (Å²) in [6.45, 7) is 1.98. The molecule has 0 unspecified atom stereocenters. The number of carbonyl (C=O) groups excluding carboxylic acids is 1. The van der Waals surface area contributed by atoms with Crippen LogP contribution in [0, 0.1) is 6.92 Å². The van der Waals surface area contributed by atoms with Crippen molar-refractivity contribution in [1.82, 2.24) is 0 Å². The molecule has 3 nitrogen and oxygen atoms in total. The summed E-state index contributed by atoms with van der Waals surface area (Å²) >= 11 is 0. The van der Waals surface area contributed by atoms with Gasteiger partial charge in [0.15, 0.2) is 0 Å². The van der Waals surface area contributed by atoms with E-state index in [9.17, 15) is 4.79 Å². The van der Waals surface area contributed by atoms with Crippen LogP contribution in [0.5, 0.6) is 0 Å². The van der Waals surface area contributed by atoms with Gasteiger partial charge in [0.05, 0.1) is 0 Å². The van der Waals surface area contributed by atoms with Gasteiger partial charge in [0.1, 0.15) is 6.04 Å². The Kier molecular flexibility index (Phi) is 3.75. The lowest BCUT2D eigenvalue weighted by atomic mass is 10.1. The maximum absolute atomic E-state index is 12.0. The first-order valence-corrected chi connectivity index (χ1v) is 5.85. The zero-order valence-electron chi connectivity index (χ0n) is 10.3. The van der Waals surface area contributed by atoms with E-state index in [1.54, 1.807) is 0 Å². The molecular formula is C15H16N2O. The smallest absolute Gasteiger partial charge is 0.245 e. The van der Waals surface area contributed by atoms with Gasteiger partial charge in [-0.1, -0.05) is 42.5 Å². The molecule has 3 N–H and O–H groups in total. The van der Waals surface area contributed by atoms with Gasteiger partial charge in [0, 0.05) is 5.69 Å². The second-order valence-electron chi connectivity index (χ2n) is 4.25. The third kappa shape index (κ3) is 2.96. The Morgan fingerprint density at radius 1 is 1.11 bits per heavy atom. The van der Waals surface area contributed by atoms with Crippen LogP contribution in [0.25, 0.3) is 0 Å². The van der Waals surface area contributed by atoms with Gasteiger partial charge in [-0.05, 0) is 30.2 Å². The summed E-state index contributed by atoms with van der Waals surface area (Å²) in [5, 5.41) is 2.82. The van der Waals surface area contributed by atoms with E-state index < -0.39 is 6.04 Å². The number of nitrogens with two attached hydrogens (primary N) is 1. The number of hydrogen-bond donors (Lipinski definition) is 2. The second-order valence-corrected chi connectivity index (χ2v) is 4.25. The van der Waals surface area contributed by atoms with Crippen LogP contribution < -0.4 is 11.1 Å². The molecule has 0 saturated carbocycles. The normalized spacial score (nSPS) is 11.9. The summed E-state index contributed by atoms with van der Waals surface area (Å²) in [6, 6.07) is 16.3. The third-order valence-electron chi connectivity index (χ3n) is 2.73. The number of rotatable bonds is 3. The topological polar surface area (TPSA) is 55.1 Å². The van der Waals surface area contributed by atoms with E-state index in [-0.39, 0.29) is 5.91 Å². The minimum Gasteiger partial charge on any atom is -0.324 e. The van der Waals surface area contributed by atoms with E-state index in [2.05, 4.69) is 5.32 Å². The van der Waals surface area contributed by atoms with Crippen LogP contribution in [0.1, 0.15) is 17.2 Å². The largest absolute Gasteiger partial charge is 0.324 e. The van der Waals surface area contributed by atoms with Crippen LogP contribution in [0.4, 0.5) is 5.69 Å². The Morgan fingerprint density at radius 2 is 1.83 bits per heavy atom. The Bertz CT molecular complexity index is 537. The molecule has 0 saturated heterocycles. The van der Waals surface area contributed by atoms with Crippen LogP contribution in [0.2, 0.25) is 0 Å². The number of nitrogens with one attached hydrogen (secondary N) is 1. The molecule has 0 aliphatic rings. The van der Waals surface area contributed by atoms with Crippen molar-refractivity contribution >= 4 is 11.6 Å². The fraction of sp³-hybridized carbons (Fsp3) is 0.133. The summed E-state index contributed by atoms with van der Waals surface area (Å²) in [7, 11) is 0. The van der Waals surface area contributed by atoms with E-state index in [0.29, 0.717) is 0 Å². The van der Waals surface area contributed by atoms with Crippen molar-refractivity contribution in [2.75, 3.05) is 5.32 Å². The quantitative estimate of drug-likeness (QED) is 0.866. The lowest BCUT2D eigenvalue weighted by Crippen LogP contribution is -2.27.